The third-order valence-electron chi connectivity index (χ3n) is 3.16. The molecule has 102 valence electrons. The molecule has 1 aromatic carbocycles. The van der Waals surface area contributed by atoms with Crippen molar-refractivity contribution in [1.29, 1.82) is 0 Å². The van der Waals surface area contributed by atoms with Crippen molar-refractivity contribution in [2.24, 2.45) is 0 Å². The zero-order chi connectivity index (χ0) is 14.3. The molecule has 3 aromatic rings. The molecule has 0 aliphatic heterocycles. The van der Waals surface area contributed by atoms with Gasteiger partial charge in [-0.1, -0.05) is 30.3 Å². The first-order valence-electron chi connectivity index (χ1n) is 6.08. The van der Waals surface area contributed by atoms with Crippen molar-refractivity contribution in [3.63, 3.8) is 0 Å². The number of fused-ring (bicyclic) bond motifs is 1. The minimum atomic E-state index is -4.41. The summed E-state index contributed by atoms with van der Waals surface area (Å²) in [7, 11) is 0. The van der Waals surface area contributed by atoms with Crippen LogP contribution in [-0.2, 0) is 6.18 Å². The van der Waals surface area contributed by atoms with Gasteiger partial charge in [0.05, 0.1) is 5.56 Å². The number of hydrogen-bond donors (Lipinski definition) is 1. The quantitative estimate of drug-likeness (QED) is 0.693. The molecule has 0 radical (unpaired) electrons. The van der Waals surface area contributed by atoms with Crippen LogP contribution in [0.15, 0.2) is 42.6 Å². The fourth-order valence-electron chi connectivity index (χ4n) is 2.33. The lowest BCUT2D eigenvalue weighted by molar-refractivity contribution is -0.136. The van der Waals surface area contributed by atoms with Gasteiger partial charge in [0.25, 0.3) is 0 Å². The van der Waals surface area contributed by atoms with E-state index in [1.54, 1.807) is 37.4 Å². The summed E-state index contributed by atoms with van der Waals surface area (Å²) >= 11 is 0. The standard InChI is InChI=1S/C15H11F3N2/c1-9-7-12(15(16,17)18)13-11(8-19-14(13)20-9)10-5-3-2-4-6-10/h2-8H,1H3,(H,19,20). The number of nitrogens with one attached hydrogen (secondary N) is 1. The largest absolute Gasteiger partial charge is 0.417 e. The van der Waals surface area contributed by atoms with Crippen molar-refractivity contribution in [3.05, 3.63) is 53.9 Å². The molecule has 3 rings (SSSR count). The number of benzene rings is 1. The maximum atomic E-state index is 13.2. The Morgan fingerprint density at radius 2 is 1.80 bits per heavy atom. The Labute approximate surface area is 113 Å². The number of rotatable bonds is 1. The van der Waals surface area contributed by atoms with Crippen LogP contribution < -0.4 is 0 Å². The van der Waals surface area contributed by atoms with Gasteiger partial charge in [-0.2, -0.15) is 13.2 Å². The van der Waals surface area contributed by atoms with Crippen molar-refractivity contribution in [2.75, 3.05) is 0 Å². The Hall–Kier alpha value is -2.30. The molecule has 0 spiro atoms. The highest BCUT2D eigenvalue weighted by atomic mass is 19.4. The number of halogens is 3. The fraction of sp³-hybridized carbons (Fsp3) is 0.133. The van der Waals surface area contributed by atoms with E-state index in [9.17, 15) is 13.2 Å². The molecule has 1 N–H and O–H groups in total. The van der Waals surface area contributed by atoms with E-state index in [0.717, 1.165) is 11.6 Å². The Morgan fingerprint density at radius 1 is 1.10 bits per heavy atom. The Morgan fingerprint density at radius 3 is 2.45 bits per heavy atom. The molecule has 0 bridgehead atoms. The normalized spacial score (nSPS) is 12.0. The van der Waals surface area contributed by atoms with Gasteiger partial charge in [-0.3, -0.25) is 0 Å². The van der Waals surface area contributed by atoms with Gasteiger partial charge >= 0.3 is 6.18 Å². The van der Waals surface area contributed by atoms with Gasteiger partial charge in [-0.25, -0.2) is 4.98 Å². The van der Waals surface area contributed by atoms with E-state index in [2.05, 4.69) is 9.97 Å². The van der Waals surface area contributed by atoms with E-state index >= 15 is 0 Å². The first kappa shape index (κ1) is 12.7. The highest BCUT2D eigenvalue weighted by Gasteiger charge is 2.34. The molecular weight excluding hydrogens is 265 g/mol. The van der Waals surface area contributed by atoms with E-state index < -0.39 is 11.7 Å². The number of alkyl halides is 3. The van der Waals surface area contributed by atoms with Crippen LogP contribution >= 0.6 is 0 Å². The molecule has 0 amide bonds. The minimum absolute atomic E-state index is 0.120. The Kier molecular flexibility index (Phi) is 2.78. The molecule has 0 aliphatic rings. The molecule has 0 fully saturated rings. The number of nitrogens with zero attached hydrogens (tertiary/aromatic N) is 1. The number of aromatic nitrogens is 2. The summed E-state index contributed by atoms with van der Waals surface area (Å²) in [5.41, 5.74) is 1.19. The fourth-order valence-corrected chi connectivity index (χ4v) is 2.33. The van der Waals surface area contributed by atoms with Crippen LogP contribution in [0.5, 0.6) is 0 Å². The van der Waals surface area contributed by atoms with E-state index in [1.165, 1.54) is 0 Å². The molecule has 0 saturated carbocycles. The number of pyridine rings is 1. The number of aromatic amines is 1. The van der Waals surface area contributed by atoms with Gasteiger partial charge in [0.2, 0.25) is 0 Å². The SMILES string of the molecule is Cc1cc(C(F)(F)F)c2c(-c3ccccc3)c[nH]c2n1. The van der Waals surface area contributed by atoms with E-state index in [1.807, 2.05) is 6.07 Å². The van der Waals surface area contributed by atoms with E-state index in [0.29, 0.717) is 11.3 Å². The van der Waals surface area contributed by atoms with Gasteiger partial charge in [0.15, 0.2) is 0 Å². The second kappa shape index (κ2) is 4.37. The monoisotopic (exact) mass is 276 g/mol. The van der Waals surface area contributed by atoms with Crippen LogP contribution in [-0.4, -0.2) is 9.97 Å². The molecule has 0 unspecified atom stereocenters. The number of H-pyrrole nitrogens is 1. The topological polar surface area (TPSA) is 28.7 Å². The summed E-state index contributed by atoms with van der Waals surface area (Å²) in [4.78, 5) is 6.97. The van der Waals surface area contributed by atoms with Crippen molar-refractivity contribution in [2.45, 2.75) is 13.1 Å². The zero-order valence-electron chi connectivity index (χ0n) is 10.6. The molecule has 5 heteroatoms. The average molecular weight is 276 g/mol. The first-order chi connectivity index (χ1) is 9.47. The minimum Gasteiger partial charge on any atom is -0.345 e. The van der Waals surface area contributed by atoms with Crippen LogP contribution in [0.4, 0.5) is 13.2 Å². The molecule has 0 atom stereocenters. The maximum absolute atomic E-state index is 13.2. The maximum Gasteiger partial charge on any atom is 0.417 e. The summed E-state index contributed by atoms with van der Waals surface area (Å²) in [5.74, 6) is 0. The number of hydrogen-bond acceptors (Lipinski definition) is 1. The third-order valence-corrected chi connectivity index (χ3v) is 3.16. The highest BCUT2D eigenvalue weighted by molar-refractivity contribution is 5.96. The lowest BCUT2D eigenvalue weighted by Gasteiger charge is -2.10. The molecule has 2 heterocycles. The second-order valence-electron chi connectivity index (χ2n) is 4.60. The van der Waals surface area contributed by atoms with Crippen molar-refractivity contribution in [3.8, 4) is 11.1 Å². The summed E-state index contributed by atoms with van der Waals surface area (Å²) in [5, 5.41) is 0.120. The molecule has 20 heavy (non-hydrogen) atoms. The highest BCUT2D eigenvalue weighted by Crippen LogP contribution is 2.39. The molecular formula is C15H11F3N2. The van der Waals surface area contributed by atoms with E-state index in [-0.39, 0.29) is 11.0 Å². The molecule has 0 saturated heterocycles. The van der Waals surface area contributed by atoms with Crippen LogP contribution in [0.1, 0.15) is 11.3 Å². The van der Waals surface area contributed by atoms with Crippen LogP contribution in [0.25, 0.3) is 22.2 Å². The van der Waals surface area contributed by atoms with Crippen LogP contribution in [0.3, 0.4) is 0 Å². The lowest BCUT2D eigenvalue weighted by Crippen LogP contribution is -2.07. The van der Waals surface area contributed by atoms with E-state index in [4.69, 9.17) is 0 Å². The van der Waals surface area contributed by atoms with Gasteiger partial charge in [-0.15, -0.1) is 0 Å². The zero-order valence-corrected chi connectivity index (χ0v) is 10.6. The lowest BCUT2D eigenvalue weighted by atomic mass is 10.0. The predicted octanol–water partition coefficient (Wildman–Crippen LogP) is 4.56. The third kappa shape index (κ3) is 2.05. The van der Waals surface area contributed by atoms with Crippen LogP contribution in [0, 0.1) is 6.92 Å². The smallest absolute Gasteiger partial charge is 0.345 e. The van der Waals surface area contributed by atoms with Crippen molar-refractivity contribution >= 4 is 11.0 Å². The molecule has 2 aromatic heterocycles. The van der Waals surface area contributed by atoms with Crippen molar-refractivity contribution < 1.29 is 13.2 Å². The van der Waals surface area contributed by atoms with Crippen LogP contribution in [0.2, 0.25) is 0 Å². The van der Waals surface area contributed by atoms with Crippen molar-refractivity contribution in [1.82, 2.24) is 9.97 Å². The van der Waals surface area contributed by atoms with Gasteiger partial charge in [0, 0.05) is 22.8 Å². The van der Waals surface area contributed by atoms with Gasteiger partial charge in [0.1, 0.15) is 5.65 Å². The Bertz CT molecular complexity index is 758. The predicted molar refractivity (Wildman–Crippen MR) is 71.3 cm³/mol. The summed E-state index contributed by atoms with van der Waals surface area (Å²) < 4.78 is 39.7. The summed E-state index contributed by atoms with van der Waals surface area (Å²) in [6.45, 7) is 1.55. The second-order valence-corrected chi connectivity index (χ2v) is 4.60. The van der Waals surface area contributed by atoms with Gasteiger partial charge in [-0.05, 0) is 18.6 Å². The summed E-state index contributed by atoms with van der Waals surface area (Å²) in [6.07, 6.45) is -2.83. The summed E-state index contributed by atoms with van der Waals surface area (Å²) in [6, 6.07) is 10.1. The molecule has 0 aliphatic carbocycles. The van der Waals surface area contributed by atoms with Gasteiger partial charge < -0.3 is 4.98 Å². The number of aryl methyl sites for hydroxylation is 1. The Balaban J connectivity index is 2.36. The average Bonchev–Trinajstić information content (AvgIpc) is 2.81. The first-order valence-corrected chi connectivity index (χ1v) is 6.08. The molecule has 2 nitrogen and oxygen atoms in total.